The first-order valence-electron chi connectivity index (χ1n) is 12.3. The first-order chi connectivity index (χ1) is 17.6. The molecule has 1 aromatic heterocycles. The molecule has 1 atom stereocenters. The minimum Gasteiger partial charge on any atom is -0.497 e. The van der Waals surface area contributed by atoms with Gasteiger partial charge in [-0.05, 0) is 55.0 Å². The molecule has 3 aromatic carbocycles. The number of hydrogen-bond acceptors (Lipinski definition) is 6. The molecule has 184 valence electrons. The van der Waals surface area contributed by atoms with E-state index in [4.69, 9.17) is 14.5 Å². The lowest BCUT2D eigenvalue weighted by molar-refractivity contribution is -0.139. The van der Waals surface area contributed by atoms with Crippen LogP contribution in [0.5, 0.6) is 11.5 Å². The molecule has 7 nitrogen and oxygen atoms in total. The van der Waals surface area contributed by atoms with E-state index < -0.39 is 6.10 Å². The first-order valence-corrected chi connectivity index (χ1v) is 12.3. The number of nitrogens with zero attached hydrogens (tertiary/aromatic N) is 4. The van der Waals surface area contributed by atoms with Crippen molar-refractivity contribution in [2.24, 2.45) is 0 Å². The molecule has 1 fully saturated rings. The van der Waals surface area contributed by atoms with Gasteiger partial charge in [0.05, 0.1) is 30.0 Å². The molecule has 0 spiro atoms. The topological polar surface area (TPSA) is 67.8 Å². The Morgan fingerprint density at radius 3 is 2.39 bits per heavy atom. The monoisotopic (exact) mass is 482 g/mol. The van der Waals surface area contributed by atoms with E-state index in [2.05, 4.69) is 16.0 Å². The maximum Gasteiger partial charge on any atom is 0.263 e. The second-order valence-corrected chi connectivity index (χ2v) is 8.80. The molecule has 1 saturated heterocycles. The highest BCUT2D eigenvalue weighted by atomic mass is 16.5. The van der Waals surface area contributed by atoms with Gasteiger partial charge in [0.1, 0.15) is 11.5 Å². The Morgan fingerprint density at radius 2 is 1.67 bits per heavy atom. The maximum atomic E-state index is 13.2. The number of carbonyl (C=O) groups is 1. The van der Waals surface area contributed by atoms with Gasteiger partial charge in [0.15, 0.2) is 6.10 Å². The lowest BCUT2D eigenvalue weighted by atomic mass is 10.1. The number of anilines is 1. The van der Waals surface area contributed by atoms with Crippen LogP contribution in [-0.4, -0.2) is 60.2 Å². The zero-order valence-electron chi connectivity index (χ0n) is 20.6. The Balaban J connectivity index is 1.20. The summed E-state index contributed by atoms with van der Waals surface area (Å²) in [5.74, 6) is 1.54. The zero-order valence-corrected chi connectivity index (χ0v) is 20.6. The van der Waals surface area contributed by atoms with Crippen molar-refractivity contribution in [3.05, 3.63) is 79.0 Å². The fraction of sp³-hybridized carbons (Fsp3) is 0.276. The van der Waals surface area contributed by atoms with E-state index in [-0.39, 0.29) is 5.91 Å². The van der Waals surface area contributed by atoms with Gasteiger partial charge in [-0.3, -0.25) is 9.78 Å². The summed E-state index contributed by atoms with van der Waals surface area (Å²) >= 11 is 0. The summed E-state index contributed by atoms with van der Waals surface area (Å²) in [4.78, 5) is 26.6. The molecular formula is C29H30N4O3. The third kappa shape index (κ3) is 5.10. The molecule has 7 heteroatoms. The van der Waals surface area contributed by atoms with Crippen molar-refractivity contribution in [2.45, 2.75) is 19.4 Å². The molecular weight excluding hydrogens is 452 g/mol. The third-order valence-corrected chi connectivity index (χ3v) is 6.53. The van der Waals surface area contributed by atoms with Crippen LogP contribution in [0.2, 0.25) is 0 Å². The Kier molecular flexibility index (Phi) is 6.98. The smallest absolute Gasteiger partial charge is 0.263 e. The number of fused-ring (bicyclic) bond motifs is 1. The van der Waals surface area contributed by atoms with Gasteiger partial charge < -0.3 is 19.3 Å². The molecule has 0 unspecified atom stereocenters. The van der Waals surface area contributed by atoms with E-state index in [1.54, 1.807) is 13.3 Å². The maximum absolute atomic E-state index is 13.2. The van der Waals surface area contributed by atoms with Crippen molar-refractivity contribution < 1.29 is 14.3 Å². The second-order valence-electron chi connectivity index (χ2n) is 8.80. The predicted octanol–water partition coefficient (Wildman–Crippen LogP) is 4.81. The van der Waals surface area contributed by atoms with Gasteiger partial charge in [0.25, 0.3) is 5.91 Å². The fourth-order valence-electron chi connectivity index (χ4n) is 4.47. The highest BCUT2D eigenvalue weighted by molar-refractivity contribution is 5.81. The van der Waals surface area contributed by atoms with Crippen LogP contribution in [0, 0.1) is 0 Å². The molecule has 5 rings (SSSR count). The quantitative estimate of drug-likeness (QED) is 0.377. The average molecular weight is 483 g/mol. The summed E-state index contributed by atoms with van der Waals surface area (Å²) in [6.45, 7) is 4.85. The van der Waals surface area contributed by atoms with Gasteiger partial charge in [0, 0.05) is 43.5 Å². The zero-order chi connectivity index (χ0) is 24.9. The van der Waals surface area contributed by atoms with Crippen LogP contribution in [0.15, 0.2) is 79.0 Å². The molecule has 0 radical (unpaired) electrons. The molecule has 0 aliphatic carbocycles. The molecule has 4 aromatic rings. The highest BCUT2D eigenvalue weighted by Crippen LogP contribution is 2.25. The summed E-state index contributed by atoms with van der Waals surface area (Å²) in [5.41, 5.74) is 4.60. The van der Waals surface area contributed by atoms with E-state index in [1.807, 2.05) is 78.6 Å². The summed E-state index contributed by atoms with van der Waals surface area (Å²) in [6, 6.07) is 23.5. The number of carbonyl (C=O) groups excluding carboxylic acids is 1. The van der Waals surface area contributed by atoms with Crippen LogP contribution >= 0.6 is 0 Å². The molecule has 1 aliphatic heterocycles. The van der Waals surface area contributed by atoms with E-state index in [0.717, 1.165) is 46.8 Å². The van der Waals surface area contributed by atoms with Crippen molar-refractivity contribution in [3.8, 4) is 22.8 Å². The standard InChI is InChI=1S/C29H30N4O3/c1-3-28(29(34)33-17-15-32(16-18-33)22-7-6-8-24(19-22)35-2)36-23-13-11-21(12-14-23)27-20-30-25-9-4-5-10-26(25)31-27/h4-14,19-20,28H,3,15-18H2,1-2H3/t28-/m1/s1. The molecule has 0 saturated carbocycles. The molecule has 1 amide bonds. The van der Waals surface area contributed by atoms with Crippen molar-refractivity contribution in [2.75, 3.05) is 38.2 Å². The summed E-state index contributed by atoms with van der Waals surface area (Å²) in [6.07, 6.45) is 1.87. The SMILES string of the molecule is CC[C@@H](Oc1ccc(-c2cnc3ccccc3n2)cc1)C(=O)N1CCN(c2cccc(OC)c2)CC1. The average Bonchev–Trinajstić information content (AvgIpc) is 2.95. The number of ether oxygens (including phenoxy) is 2. The summed E-state index contributed by atoms with van der Waals surface area (Å²) in [5, 5.41) is 0. The summed E-state index contributed by atoms with van der Waals surface area (Å²) < 4.78 is 11.5. The molecule has 36 heavy (non-hydrogen) atoms. The van der Waals surface area contributed by atoms with Gasteiger partial charge in [-0.2, -0.15) is 0 Å². The lowest BCUT2D eigenvalue weighted by Crippen LogP contribution is -2.52. The first kappa shape index (κ1) is 23.6. The lowest BCUT2D eigenvalue weighted by Gasteiger charge is -2.37. The second kappa shape index (κ2) is 10.6. The number of aromatic nitrogens is 2. The van der Waals surface area contributed by atoms with Gasteiger partial charge >= 0.3 is 0 Å². The highest BCUT2D eigenvalue weighted by Gasteiger charge is 2.28. The van der Waals surface area contributed by atoms with Gasteiger partial charge in [0.2, 0.25) is 0 Å². The largest absolute Gasteiger partial charge is 0.497 e. The summed E-state index contributed by atoms with van der Waals surface area (Å²) in [7, 11) is 1.67. The molecule has 2 heterocycles. The van der Waals surface area contributed by atoms with Crippen LogP contribution in [0.4, 0.5) is 5.69 Å². The Morgan fingerprint density at radius 1 is 0.917 bits per heavy atom. The van der Waals surface area contributed by atoms with Gasteiger partial charge in [-0.25, -0.2) is 4.98 Å². The number of rotatable bonds is 7. The Labute approximate surface area is 211 Å². The number of methoxy groups -OCH3 is 1. The van der Waals surface area contributed by atoms with Crippen molar-refractivity contribution >= 4 is 22.6 Å². The van der Waals surface area contributed by atoms with Crippen LogP contribution in [-0.2, 0) is 4.79 Å². The fourth-order valence-corrected chi connectivity index (χ4v) is 4.47. The van der Waals surface area contributed by atoms with E-state index in [0.29, 0.717) is 25.3 Å². The Bertz CT molecular complexity index is 1330. The Hall–Kier alpha value is -4.13. The van der Waals surface area contributed by atoms with Crippen LogP contribution in [0.25, 0.3) is 22.3 Å². The van der Waals surface area contributed by atoms with E-state index in [9.17, 15) is 4.79 Å². The van der Waals surface area contributed by atoms with E-state index in [1.165, 1.54) is 0 Å². The normalized spacial score (nSPS) is 14.5. The number of para-hydroxylation sites is 2. The van der Waals surface area contributed by atoms with Crippen LogP contribution in [0.1, 0.15) is 13.3 Å². The van der Waals surface area contributed by atoms with Crippen molar-refractivity contribution in [1.82, 2.24) is 14.9 Å². The van der Waals surface area contributed by atoms with Crippen LogP contribution in [0.3, 0.4) is 0 Å². The van der Waals surface area contributed by atoms with E-state index >= 15 is 0 Å². The minimum atomic E-state index is -0.514. The number of hydrogen-bond donors (Lipinski definition) is 0. The minimum absolute atomic E-state index is 0.0345. The predicted molar refractivity (Wildman–Crippen MR) is 141 cm³/mol. The van der Waals surface area contributed by atoms with Crippen molar-refractivity contribution in [3.63, 3.8) is 0 Å². The molecule has 0 N–H and O–H groups in total. The number of amides is 1. The molecule has 0 bridgehead atoms. The number of piperazine rings is 1. The third-order valence-electron chi connectivity index (χ3n) is 6.53. The van der Waals surface area contributed by atoms with Gasteiger partial charge in [-0.15, -0.1) is 0 Å². The van der Waals surface area contributed by atoms with Crippen molar-refractivity contribution in [1.29, 1.82) is 0 Å². The van der Waals surface area contributed by atoms with Crippen LogP contribution < -0.4 is 14.4 Å². The van der Waals surface area contributed by atoms with Gasteiger partial charge in [-0.1, -0.05) is 25.1 Å². The number of benzene rings is 3. The molecule has 1 aliphatic rings.